The minimum Gasteiger partial charge on any atom is -0.355 e. The molecule has 1 atom stereocenters. The molecule has 1 aliphatic heterocycles. The quantitative estimate of drug-likeness (QED) is 0.792. The van der Waals surface area contributed by atoms with Crippen LogP contribution in [0, 0.1) is 19.7 Å². The number of aryl methyl sites for hydroxylation is 1. The summed E-state index contributed by atoms with van der Waals surface area (Å²) in [5.41, 5.74) is 2.68. The van der Waals surface area contributed by atoms with Crippen LogP contribution >= 0.6 is 0 Å². The van der Waals surface area contributed by atoms with Crippen LogP contribution < -0.4 is 4.90 Å². The molecular weight excluding hydrogens is 357 g/mol. The van der Waals surface area contributed by atoms with Gasteiger partial charge in [-0.15, -0.1) is 0 Å². The maximum atomic E-state index is 13.1. The topological polar surface area (TPSA) is 52.6 Å². The van der Waals surface area contributed by atoms with Crippen LogP contribution in [0.15, 0.2) is 24.3 Å². The number of benzene rings is 1. The second-order valence-electron chi connectivity index (χ2n) is 7.72. The molecule has 0 bridgehead atoms. The van der Waals surface area contributed by atoms with Crippen molar-refractivity contribution >= 4 is 11.7 Å². The first-order valence-corrected chi connectivity index (χ1v) is 9.52. The number of likely N-dealkylation sites (N-methyl/N-ethyl adjacent to an activating group) is 1. The summed E-state index contributed by atoms with van der Waals surface area (Å²) in [6.45, 7) is 6.10. The number of aromatic nitrogens is 2. The third-order valence-corrected chi connectivity index (χ3v) is 5.43. The van der Waals surface area contributed by atoms with E-state index in [1.165, 1.54) is 12.1 Å². The van der Waals surface area contributed by atoms with Gasteiger partial charge in [-0.3, -0.25) is 4.79 Å². The molecule has 1 saturated heterocycles. The first-order valence-electron chi connectivity index (χ1n) is 9.52. The van der Waals surface area contributed by atoms with Crippen molar-refractivity contribution < 1.29 is 9.18 Å². The van der Waals surface area contributed by atoms with Crippen LogP contribution in [0.3, 0.4) is 0 Å². The molecule has 28 heavy (non-hydrogen) atoms. The van der Waals surface area contributed by atoms with E-state index in [9.17, 15) is 9.18 Å². The maximum Gasteiger partial charge on any atom is 0.291 e. The molecule has 150 valence electrons. The Morgan fingerprint density at radius 3 is 2.46 bits per heavy atom. The van der Waals surface area contributed by atoms with Crippen LogP contribution in [0.5, 0.6) is 0 Å². The molecule has 0 N–H and O–H groups in total. The molecule has 1 fully saturated rings. The van der Waals surface area contributed by atoms with Crippen molar-refractivity contribution in [2.24, 2.45) is 0 Å². The third-order valence-electron chi connectivity index (χ3n) is 5.43. The van der Waals surface area contributed by atoms with Crippen LogP contribution in [-0.4, -0.2) is 65.9 Å². The highest BCUT2D eigenvalue weighted by Crippen LogP contribution is 2.25. The highest BCUT2D eigenvalue weighted by Gasteiger charge is 2.28. The van der Waals surface area contributed by atoms with Gasteiger partial charge in [-0.05, 0) is 52.1 Å². The molecule has 2 heterocycles. The van der Waals surface area contributed by atoms with Crippen molar-refractivity contribution in [1.29, 1.82) is 0 Å². The summed E-state index contributed by atoms with van der Waals surface area (Å²) in [6, 6.07) is 6.63. The number of rotatable bonds is 5. The average molecular weight is 385 g/mol. The number of hydrogen-bond donors (Lipinski definition) is 0. The second kappa shape index (κ2) is 8.22. The zero-order valence-corrected chi connectivity index (χ0v) is 17.2. The van der Waals surface area contributed by atoms with Crippen LogP contribution in [0.4, 0.5) is 10.2 Å². The first-order chi connectivity index (χ1) is 13.3. The zero-order valence-electron chi connectivity index (χ0n) is 17.2. The summed E-state index contributed by atoms with van der Waals surface area (Å²) in [4.78, 5) is 28.0. The monoisotopic (exact) mass is 385 g/mol. The van der Waals surface area contributed by atoms with Gasteiger partial charge in [0.25, 0.3) is 5.91 Å². The molecule has 3 rings (SSSR count). The molecule has 1 aliphatic rings. The normalized spacial score (nSPS) is 16.7. The van der Waals surface area contributed by atoms with Crippen LogP contribution in [0.2, 0.25) is 0 Å². The lowest BCUT2D eigenvalue weighted by molar-refractivity contribution is 0.0772. The Morgan fingerprint density at radius 1 is 1.18 bits per heavy atom. The van der Waals surface area contributed by atoms with Gasteiger partial charge in [0.1, 0.15) is 11.6 Å². The zero-order chi connectivity index (χ0) is 20.4. The lowest BCUT2D eigenvalue weighted by Crippen LogP contribution is -2.33. The van der Waals surface area contributed by atoms with E-state index in [0.29, 0.717) is 12.6 Å². The van der Waals surface area contributed by atoms with Crippen LogP contribution in [0.1, 0.15) is 33.9 Å². The van der Waals surface area contributed by atoms with E-state index in [1.54, 1.807) is 24.1 Å². The van der Waals surface area contributed by atoms with Gasteiger partial charge < -0.3 is 14.7 Å². The van der Waals surface area contributed by atoms with Gasteiger partial charge >= 0.3 is 0 Å². The SMILES string of the molecule is Cc1nc(C(=O)N(C)Cc2ccc(F)cc2)nc(N2CC[C@@H](N(C)C)C2)c1C. The summed E-state index contributed by atoms with van der Waals surface area (Å²) in [7, 11) is 5.89. The number of halogens is 1. The van der Waals surface area contributed by atoms with Crippen molar-refractivity contribution in [3.8, 4) is 0 Å². The second-order valence-corrected chi connectivity index (χ2v) is 7.72. The number of amides is 1. The lowest BCUT2D eigenvalue weighted by atomic mass is 10.2. The van der Waals surface area contributed by atoms with E-state index in [1.807, 2.05) is 13.8 Å². The van der Waals surface area contributed by atoms with E-state index in [-0.39, 0.29) is 17.5 Å². The van der Waals surface area contributed by atoms with Crippen LogP contribution in [-0.2, 0) is 6.54 Å². The van der Waals surface area contributed by atoms with Gasteiger partial charge in [0, 0.05) is 44.0 Å². The van der Waals surface area contributed by atoms with Crippen molar-refractivity contribution in [2.75, 3.05) is 39.1 Å². The molecule has 1 amide bonds. The standard InChI is InChI=1S/C21H28FN5O/c1-14-15(2)23-19(24-20(14)27-11-10-18(13-27)25(3)4)21(28)26(5)12-16-6-8-17(22)9-7-16/h6-9,18H,10-13H2,1-5H3/t18-/m1/s1. The first kappa shape index (κ1) is 20.2. The van der Waals surface area contributed by atoms with E-state index in [4.69, 9.17) is 0 Å². The molecule has 0 unspecified atom stereocenters. The van der Waals surface area contributed by atoms with Crippen LogP contribution in [0.25, 0.3) is 0 Å². The third kappa shape index (κ3) is 4.30. The van der Waals surface area contributed by atoms with Crippen molar-refractivity contribution in [2.45, 2.75) is 32.9 Å². The maximum absolute atomic E-state index is 13.1. The molecule has 0 radical (unpaired) electrons. The van der Waals surface area contributed by atoms with Gasteiger partial charge in [-0.1, -0.05) is 12.1 Å². The van der Waals surface area contributed by atoms with E-state index in [2.05, 4.69) is 33.9 Å². The number of anilines is 1. The number of nitrogens with zero attached hydrogens (tertiary/aromatic N) is 5. The molecule has 7 heteroatoms. The fourth-order valence-electron chi connectivity index (χ4n) is 3.48. The molecule has 2 aromatic rings. The minimum absolute atomic E-state index is 0.205. The highest BCUT2D eigenvalue weighted by atomic mass is 19.1. The Hall–Kier alpha value is -2.54. The molecule has 1 aromatic carbocycles. The number of carbonyl (C=O) groups is 1. The summed E-state index contributed by atoms with van der Waals surface area (Å²) in [6.07, 6.45) is 1.07. The van der Waals surface area contributed by atoms with Gasteiger partial charge in [-0.25, -0.2) is 14.4 Å². The molecule has 1 aromatic heterocycles. The van der Waals surface area contributed by atoms with E-state index < -0.39 is 0 Å². The smallest absolute Gasteiger partial charge is 0.291 e. The average Bonchev–Trinajstić information content (AvgIpc) is 3.15. The van der Waals surface area contributed by atoms with Gasteiger partial charge in [0.05, 0.1) is 0 Å². The fraction of sp³-hybridized carbons (Fsp3) is 0.476. The van der Waals surface area contributed by atoms with E-state index in [0.717, 1.165) is 42.1 Å². The molecule has 0 saturated carbocycles. The number of hydrogen-bond acceptors (Lipinski definition) is 5. The Morgan fingerprint density at radius 2 is 1.86 bits per heavy atom. The highest BCUT2D eigenvalue weighted by molar-refractivity contribution is 5.90. The summed E-state index contributed by atoms with van der Waals surface area (Å²) in [5, 5.41) is 0. The summed E-state index contributed by atoms with van der Waals surface area (Å²) >= 11 is 0. The molecular formula is C21H28FN5O. The Bertz CT molecular complexity index is 853. The lowest BCUT2D eigenvalue weighted by Gasteiger charge is -2.24. The van der Waals surface area contributed by atoms with Gasteiger partial charge in [0.15, 0.2) is 0 Å². The van der Waals surface area contributed by atoms with Crippen molar-refractivity contribution in [1.82, 2.24) is 19.8 Å². The van der Waals surface area contributed by atoms with Gasteiger partial charge in [0.2, 0.25) is 5.82 Å². The predicted octanol–water partition coefficient (Wildman–Crippen LogP) is 2.65. The summed E-state index contributed by atoms with van der Waals surface area (Å²) < 4.78 is 13.1. The predicted molar refractivity (Wildman–Crippen MR) is 108 cm³/mol. The number of carbonyl (C=O) groups excluding carboxylic acids is 1. The van der Waals surface area contributed by atoms with Gasteiger partial charge in [-0.2, -0.15) is 0 Å². The van der Waals surface area contributed by atoms with E-state index >= 15 is 0 Å². The Kier molecular flexibility index (Phi) is 5.93. The minimum atomic E-state index is -0.290. The van der Waals surface area contributed by atoms with Crippen molar-refractivity contribution in [3.63, 3.8) is 0 Å². The fourth-order valence-corrected chi connectivity index (χ4v) is 3.48. The summed E-state index contributed by atoms with van der Waals surface area (Å²) in [5.74, 6) is 0.518. The molecule has 0 spiro atoms. The molecule has 0 aliphatic carbocycles. The molecule has 6 nitrogen and oxygen atoms in total. The largest absolute Gasteiger partial charge is 0.355 e. The van der Waals surface area contributed by atoms with Crippen molar-refractivity contribution in [3.05, 3.63) is 52.7 Å². The Labute approximate surface area is 166 Å². The Balaban J connectivity index is 1.80.